The lowest BCUT2D eigenvalue weighted by Gasteiger charge is -2.22. The van der Waals surface area contributed by atoms with Gasteiger partial charge in [-0.15, -0.1) is 0 Å². The van der Waals surface area contributed by atoms with E-state index in [9.17, 15) is 0 Å². The van der Waals surface area contributed by atoms with Gasteiger partial charge in [0.25, 0.3) is 0 Å². The fraction of sp³-hybridized carbons (Fsp3) is 0.462. The van der Waals surface area contributed by atoms with Crippen LogP contribution in [-0.4, -0.2) is 5.16 Å². The molecule has 1 fully saturated rings. The number of para-hydroxylation sites is 1. The quantitative estimate of drug-likeness (QED) is 0.839. The molecule has 3 rings (SSSR count). The number of rotatable bonds is 2. The van der Waals surface area contributed by atoms with Crippen LogP contribution in [0.2, 0.25) is 0 Å². The summed E-state index contributed by atoms with van der Waals surface area (Å²) >= 11 is 0. The molecular weight excluding hydrogens is 200 g/mol. The Morgan fingerprint density at radius 3 is 2.88 bits per heavy atom. The minimum Gasteiger partial charge on any atom is -0.356 e. The van der Waals surface area contributed by atoms with Gasteiger partial charge in [0, 0.05) is 22.9 Å². The van der Waals surface area contributed by atoms with E-state index in [0.29, 0.717) is 5.92 Å². The van der Waals surface area contributed by atoms with Crippen LogP contribution in [-0.2, 0) is 0 Å². The van der Waals surface area contributed by atoms with Crippen molar-refractivity contribution in [3.63, 3.8) is 0 Å². The zero-order valence-electron chi connectivity index (χ0n) is 9.44. The van der Waals surface area contributed by atoms with Crippen LogP contribution >= 0.6 is 0 Å². The Morgan fingerprint density at radius 2 is 2.25 bits per heavy atom. The Morgan fingerprint density at radius 1 is 1.44 bits per heavy atom. The van der Waals surface area contributed by atoms with Gasteiger partial charge in [-0.3, -0.25) is 0 Å². The van der Waals surface area contributed by atoms with Crippen LogP contribution in [0.3, 0.4) is 0 Å². The van der Waals surface area contributed by atoms with Crippen molar-refractivity contribution < 1.29 is 4.52 Å². The summed E-state index contributed by atoms with van der Waals surface area (Å²) in [5.41, 5.74) is 8.98. The van der Waals surface area contributed by atoms with Crippen molar-refractivity contribution in [3.05, 3.63) is 29.5 Å². The maximum Gasteiger partial charge on any atom is 0.171 e. The first kappa shape index (κ1) is 9.85. The van der Waals surface area contributed by atoms with E-state index in [1.807, 2.05) is 19.1 Å². The van der Waals surface area contributed by atoms with Crippen LogP contribution in [0.25, 0.3) is 11.0 Å². The highest BCUT2D eigenvalue weighted by atomic mass is 16.5. The minimum absolute atomic E-state index is 0.00843. The highest BCUT2D eigenvalue weighted by molar-refractivity contribution is 5.83. The third-order valence-electron chi connectivity index (χ3n) is 3.54. The standard InChI is InChI=1S/C13H16N2O/c1-8(14)10-6-3-7-11-12(9-4-2-5-9)15-16-13(10)11/h3,6-9H,2,4-5,14H2,1H3. The lowest BCUT2D eigenvalue weighted by atomic mass is 9.81. The molecule has 0 saturated heterocycles. The topological polar surface area (TPSA) is 52.0 Å². The summed E-state index contributed by atoms with van der Waals surface area (Å²) in [6.45, 7) is 1.97. The Kier molecular flexibility index (Phi) is 2.21. The molecular formula is C13H16N2O. The molecule has 2 N–H and O–H groups in total. The first-order valence-corrected chi connectivity index (χ1v) is 5.91. The number of nitrogens with two attached hydrogens (primary N) is 1. The van der Waals surface area contributed by atoms with Gasteiger partial charge in [-0.2, -0.15) is 0 Å². The van der Waals surface area contributed by atoms with E-state index in [2.05, 4.69) is 11.2 Å². The van der Waals surface area contributed by atoms with Gasteiger partial charge in [0.15, 0.2) is 5.58 Å². The van der Waals surface area contributed by atoms with Crippen LogP contribution in [0.4, 0.5) is 0 Å². The summed E-state index contributed by atoms with van der Waals surface area (Å²) in [7, 11) is 0. The molecule has 3 nitrogen and oxygen atoms in total. The first-order chi connectivity index (χ1) is 7.77. The van der Waals surface area contributed by atoms with E-state index in [0.717, 1.165) is 22.2 Å². The number of hydrogen-bond acceptors (Lipinski definition) is 3. The molecule has 0 amide bonds. The zero-order valence-corrected chi connectivity index (χ0v) is 9.44. The molecule has 84 valence electrons. The van der Waals surface area contributed by atoms with Gasteiger partial charge in [0.05, 0.1) is 5.69 Å². The highest BCUT2D eigenvalue weighted by Gasteiger charge is 2.25. The second kappa shape index (κ2) is 3.59. The predicted molar refractivity (Wildman–Crippen MR) is 63.2 cm³/mol. The number of benzene rings is 1. The summed E-state index contributed by atoms with van der Waals surface area (Å²) in [6.07, 6.45) is 3.79. The van der Waals surface area contributed by atoms with Crippen LogP contribution in [0.1, 0.15) is 49.4 Å². The normalized spacial score (nSPS) is 18.6. The van der Waals surface area contributed by atoms with E-state index < -0.39 is 0 Å². The zero-order chi connectivity index (χ0) is 11.1. The third-order valence-corrected chi connectivity index (χ3v) is 3.54. The number of hydrogen-bond donors (Lipinski definition) is 1. The van der Waals surface area contributed by atoms with E-state index in [-0.39, 0.29) is 6.04 Å². The van der Waals surface area contributed by atoms with Crippen molar-refractivity contribution in [2.24, 2.45) is 5.73 Å². The molecule has 0 radical (unpaired) electrons. The van der Waals surface area contributed by atoms with E-state index >= 15 is 0 Å². The molecule has 0 aliphatic heterocycles. The molecule has 1 unspecified atom stereocenters. The van der Waals surface area contributed by atoms with Crippen LogP contribution in [0.5, 0.6) is 0 Å². The van der Waals surface area contributed by atoms with Gasteiger partial charge in [-0.25, -0.2) is 0 Å². The molecule has 16 heavy (non-hydrogen) atoms. The average Bonchev–Trinajstić information content (AvgIpc) is 2.59. The Labute approximate surface area is 94.6 Å². The molecule has 1 heterocycles. The van der Waals surface area contributed by atoms with E-state index in [1.165, 1.54) is 19.3 Å². The van der Waals surface area contributed by atoms with E-state index in [1.54, 1.807) is 0 Å². The van der Waals surface area contributed by atoms with Gasteiger partial charge in [0.1, 0.15) is 0 Å². The third kappa shape index (κ3) is 1.35. The van der Waals surface area contributed by atoms with Gasteiger partial charge < -0.3 is 10.3 Å². The molecule has 1 atom stereocenters. The average molecular weight is 216 g/mol. The molecule has 1 aliphatic carbocycles. The summed E-state index contributed by atoms with van der Waals surface area (Å²) in [4.78, 5) is 0. The maximum absolute atomic E-state index is 5.92. The molecule has 0 bridgehead atoms. The molecule has 1 aliphatic rings. The Balaban J connectivity index is 2.16. The second-order valence-corrected chi connectivity index (χ2v) is 4.71. The first-order valence-electron chi connectivity index (χ1n) is 5.91. The maximum atomic E-state index is 5.92. The van der Waals surface area contributed by atoms with Crippen LogP contribution < -0.4 is 5.73 Å². The SMILES string of the molecule is CC(N)c1cccc2c(C3CCC3)noc12. The Bertz CT molecular complexity index is 512. The van der Waals surface area contributed by atoms with Gasteiger partial charge in [0.2, 0.25) is 0 Å². The van der Waals surface area contributed by atoms with Crippen molar-refractivity contribution >= 4 is 11.0 Å². The van der Waals surface area contributed by atoms with Crippen molar-refractivity contribution in [2.45, 2.75) is 38.1 Å². The molecule has 2 aromatic rings. The molecule has 1 saturated carbocycles. The summed E-state index contributed by atoms with van der Waals surface area (Å²) < 4.78 is 5.47. The summed E-state index contributed by atoms with van der Waals surface area (Å²) in [6, 6.07) is 6.14. The van der Waals surface area contributed by atoms with Gasteiger partial charge in [-0.1, -0.05) is 23.7 Å². The molecule has 1 aromatic heterocycles. The van der Waals surface area contributed by atoms with Gasteiger partial charge in [-0.05, 0) is 25.8 Å². The lowest BCUT2D eigenvalue weighted by Crippen LogP contribution is -2.09. The van der Waals surface area contributed by atoms with Crippen molar-refractivity contribution in [1.29, 1.82) is 0 Å². The number of nitrogens with zero attached hydrogens (tertiary/aromatic N) is 1. The highest BCUT2D eigenvalue weighted by Crippen LogP contribution is 2.39. The Hall–Kier alpha value is -1.35. The largest absolute Gasteiger partial charge is 0.356 e. The van der Waals surface area contributed by atoms with Crippen LogP contribution in [0, 0.1) is 0 Å². The summed E-state index contributed by atoms with van der Waals surface area (Å²) in [5.74, 6) is 0.601. The van der Waals surface area contributed by atoms with Crippen LogP contribution in [0.15, 0.2) is 22.7 Å². The lowest BCUT2D eigenvalue weighted by molar-refractivity contribution is 0.374. The van der Waals surface area contributed by atoms with Crippen molar-refractivity contribution in [2.75, 3.05) is 0 Å². The molecule has 0 spiro atoms. The second-order valence-electron chi connectivity index (χ2n) is 4.71. The van der Waals surface area contributed by atoms with E-state index in [4.69, 9.17) is 10.3 Å². The monoisotopic (exact) mass is 216 g/mol. The van der Waals surface area contributed by atoms with Gasteiger partial charge >= 0.3 is 0 Å². The fourth-order valence-corrected chi connectivity index (χ4v) is 2.34. The number of fused-ring (bicyclic) bond motifs is 1. The number of aromatic nitrogens is 1. The van der Waals surface area contributed by atoms with Crippen molar-refractivity contribution in [1.82, 2.24) is 5.16 Å². The van der Waals surface area contributed by atoms with Crippen molar-refractivity contribution in [3.8, 4) is 0 Å². The molecule has 3 heteroatoms. The smallest absolute Gasteiger partial charge is 0.171 e. The predicted octanol–water partition coefficient (Wildman–Crippen LogP) is 3.12. The summed E-state index contributed by atoms with van der Waals surface area (Å²) in [5, 5.41) is 5.38. The molecule has 1 aromatic carbocycles. The fourth-order valence-electron chi connectivity index (χ4n) is 2.34. The minimum atomic E-state index is -0.00843.